The summed E-state index contributed by atoms with van der Waals surface area (Å²) in [6.07, 6.45) is 3.59. The van der Waals surface area contributed by atoms with Crippen LogP contribution in [0.5, 0.6) is 0 Å². The third-order valence-corrected chi connectivity index (χ3v) is 4.22. The summed E-state index contributed by atoms with van der Waals surface area (Å²) in [6.45, 7) is 3.69. The van der Waals surface area contributed by atoms with E-state index in [0.717, 1.165) is 25.9 Å². The molecule has 0 spiro atoms. The highest BCUT2D eigenvalue weighted by atomic mass is 35.5. The number of rotatable bonds is 5. The Hall–Kier alpha value is -2.39. The maximum Gasteiger partial charge on any atom is 0.341 e. The normalized spacial score (nSPS) is 14.5. The van der Waals surface area contributed by atoms with Crippen molar-refractivity contribution in [3.8, 4) is 0 Å². The summed E-state index contributed by atoms with van der Waals surface area (Å²) in [7, 11) is 1.31. The lowest BCUT2D eigenvalue weighted by atomic mass is 10.1. The molecular weight excluding hydrogens is 362 g/mol. The first kappa shape index (κ1) is 19.9. The molecular formula is C16H22ClN5O4. The van der Waals surface area contributed by atoms with Crippen LogP contribution in [0.1, 0.15) is 51.3 Å². The van der Waals surface area contributed by atoms with Crippen molar-refractivity contribution in [1.29, 1.82) is 0 Å². The van der Waals surface area contributed by atoms with Gasteiger partial charge in [0, 0.05) is 0 Å². The molecule has 9 nitrogen and oxygen atoms in total. The molecule has 2 N–H and O–H groups in total. The maximum absolute atomic E-state index is 12.2. The Bertz CT molecular complexity index is 767. The van der Waals surface area contributed by atoms with E-state index in [2.05, 4.69) is 25.7 Å². The molecule has 10 heteroatoms. The topological polar surface area (TPSA) is 111 Å². The van der Waals surface area contributed by atoms with Gasteiger partial charge in [-0.3, -0.25) is 4.79 Å². The first-order valence-electron chi connectivity index (χ1n) is 8.17. The van der Waals surface area contributed by atoms with Crippen LogP contribution in [0.4, 0.5) is 0 Å². The van der Waals surface area contributed by atoms with E-state index in [1.807, 2.05) is 0 Å². The van der Waals surface area contributed by atoms with Gasteiger partial charge in [-0.1, -0.05) is 5.21 Å². The largest absolute Gasteiger partial charge is 0.465 e. The van der Waals surface area contributed by atoms with E-state index in [0.29, 0.717) is 17.1 Å². The number of esters is 1. The number of aromatic nitrogens is 3. The average molecular weight is 384 g/mol. The SMILES string of the molecule is COC(=O)c1cc(CNC(=O)c2cn(C3CCNCC3)nn2)oc1C.Cl. The zero-order valence-corrected chi connectivity index (χ0v) is 15.5. The standard InChI is InChI=1S/C16H21N5O4.ClH/c1-10-13(16(23)24-2)7-12(25-10)8-18-15(22)14-9-21(20-19-14)11-3-5-17-6-4-11;/h7,9,11,17H,3-6,8H2,1-2H3,(H,18,22);1H. The average Bonchev–Trinajstić information content (AvgIpc) is 3.27. The Morgan fingerprint density at radius 3 is 2.85 bits per heavy atom. The number of carbonyl (C=O) groups excluding carboxylic acids is 2. The molecule has 0 unspecified atom stereocenters. The molecule has 0 saturated carbocycles. The lowest BCUT2D eigenvalue weighted by Gasteiger charge is -2.22. The van der Waals surface area contributed by atoms with Gasteiger partial charge in [0.25, 0.3) is 5.91 Å². The van der Waals surface area contributed by atoms with E-state index in [9.17, 15) is 9.59 Å². The summed E-state index contributed by atoms with van der Waals surface area (Å²) in [4.78, 5) is 23.8. The van der Waals surface area contributed by atoms with Gasteiger partial charge in [0.05, 0.1) is 25.9 Å². The Morgan fingerprint density at radius 2 is 2.15 bits per heavy atom. The Kier molecular flexibility index (Phi) is 6.76. The van der Waals surface area contributed by atoms with E-state index in [-0.39, 0.29) is 36.6 Å². The minimum atomic E-state index is -0.469. The Morgan fingerprint density at radius 1 is 1.42 bits per heavy atom. The Balaban J connectivity index is 0.00000243. The van der Waals surface area contributed by atoms with Crippen LogP contribution in [0.25, 0.3) is 0 Å². The fraction of sp³-hybridized carbons (Fsp3) is 0.500. The minimum Gasteiger partial charge on any atom is -0.465 e. The highest BCUT2D eigenvalue weighted by Gasteiger charge is 2.19. The zero-order valence-electron chi connectivity index (χ0n) is 14.7. The molecule has 26 heavy (non-hydrogen) atoms. The molecule has 0 aliphatic carbocycles. The molecule has 0 aromatic carbocycles. The quantitative estimate of drug-likeness (QED) is 0.747. The monoisotopic (exact) mass is 383 g/mol. The third-order valence-electron chi connectivity index (χ3n) is 4.22. The minimum absolute atomic E-state index is 0. The summed E-state index contributed by atoms with van der Waals surface area (Å²) in [5, 5.41) is 14.0. The van der Waals surface area contributed by atoms with Crippen molar-refractivity contribution in [2.45, 2.75) is 32.4 Å². The molecule has 2 aromatic rings. The number of nitrogens with one attached hydrogen (secondary N) is 2. The Labute approximate surface area is 156 Å². The number of amides is 1. The van der Waals surface area contributed by atoms with Crippen molar-refractivity contribution in [1.82, 2.24) is 25.6 Å². The van der Waals surface area contributed by atoms with Gasteiger partial charge in [-0.25, -0.2) is 9.48 Å². The lowest BCUT2D eigenvalue weighted by Crippen LogP contribution is -2.29. The van der Waals surface area contributed by atoms with Crippen LogP contribution in [0.2, 0.25) is 0 Å². The number of ether oxygens (including phenoxy) is 1. The number of methoxy groups -OCH3 is 1. The van der Waals surface area contributed by atoms with Gasteiger partial charge < -0.3 is 19.8 Å². The molecule has 3 heterocycles. The van der Waals surface area contributed by atoms with E-state index >= 15 is 0 Å². The van der Waals surface area contributed by atoms with Crippen LogP contribution in [0.15, 0.2) is 16.7 Å². The summed E-state index contributed by atoms with van der Waals surface area (Å²) in [5.41, 5.74) is 0.610. The summed E-state index contributed by atoms with van der Waals surface area (Å²) < 4.78 is 11.9. The van der Waals surface area contributed by atoms with Crippen LogP contribution in [-0.4, -0.2) is 47.1 Å². The molecule has 0 atom stereocenters. The van der Waals surface area contributed by atoms with Gasteiger partial charge in [-0.05, 0) is 38.9 Å². The van der Waals surface area contributed by atoms with E-state index < -0.39 is 5.97 Å². The van der Waals surface area contributed by atoms with Crippen molar-refractivity contribution < 1.29 is 18.7 Å². The molecule has 3 rings (SSSR count). The molecule has 2 aromatic heterocycles. The molecule has 1 aliphatic rings. The van der Waals surface area contributed by atoms with Crippen molar-refractivity contribution in [3.05, 3.63) is 35.0 Å². The smallest absolute Gasteiger partial charge is 0.341 e. The predicted octanol–water partition coefficient (Wildman–Crippen LogP) is 1.24. The van der Waals surface area contributed by atoms with Crippen LogP contribution < -0.4 is 10.6 Å². The predicted molar refractivity (Wildman–Crippen MR) is 94.4 cm³/mol. The molecule has 0 radical (unpaired) electrons. The number of piperidine rings is 1. The molecule has 1 saturated heterocycles. The number of aryl methyl sites for hydroxylation is 1. The van der Waals surface area contributed by atoms with Crippen molar-refractivity contribution >= 4 is 24.3 Å². The third kappa shape index (κ3) is 4.41. The van der Waals surface area contributed by atoms with Crippen LogP contribution in [0.3, 0.4) is 0 Å². The number of furan rings is 1. The lowest BCUT2D eigenvalue weighted by molar-refractivity contribution is 0.0598. The molecule has 142 valence electrons. The van der Waals surface area contributed by atoms with E-state index in [1.165, 1.54) is 7.11 Å². The highest BCUT2D eigenvalue weighted by Crippen LogP contribution is 2.17. The molecule has 1 aliphatic heterocycles. The van der Waals surface area contributed by atoms with E-state index in [1.54, 1.807) is 23.9 Å². The van der Waals surface area contributed by atoms with Gasteiger partial charge in [-0.15, -0.1) is 17.5 Å². The van der Waals surface area contributed by atoms with Gasteiger partial charge >= 0.3 is 5.97 Å². The molecule has 1 amide bonds. The second kappa shape index (κ2) is 8.81. The molecule has 1 fully saturated rings. The number of hydrogen-bond donors (Lipinski definition) is 2. The van der Waals surface area contributed by atoms with Crippen LogP contribution in [0, 0.1) is 6.92 Å². The van der Waals surface area contributed by atoms with Crippen molar-refractivity contribution in [2.75, 3.05) is 20.2 Å². The summed E-state index contributed by atoms with van der Waals surface area (Å²) in [5.74, 6) is 0.113. The maximum atomic E-state index is 12.2. The highest BCUT2D eigenvalue weighted by molar-refractivity contribution is 5.92. The number of nitrogens with zero attached hydrogens (tertiary/aromatic N) is 3. The summed E-state index contributed by atoms with van der Waals surface area (Å²) >= 11 is 0. The fourth-order valence-electron chi connectivity index (χ4n) is 2.83. The van der Waals surface area contributed by atoms with Crippen molar-refractivity contribution in [3.63, 3.8) is 0 Å². The first-order chi connectivity index (χ1) is 12.1. The second-order valence-corrected chi connectivity index (χ2v) is 5.92. The van der Waals surface area contributed by atoms with Crippen molar-refractivity contribution in [2.24, 2.45) is 0 Å². The number of halogens is 1. The van der Waals surface area contributed by atoms with Gasteiger partial charge in [-0.2, -0.15) is 0 Å². The second-order valence-electron chi connectivity index (χ2n) is 5.92. The fourth-order valence-corrected chi connectivity index (χ4v) is 2.83. The van der Waals surface area contributed by atoms with Crippen LogP contribution in [-0.2, 0) is 11.3 Å². The van der Waals surface area contributed by atoms with Gasteiger partial charge in [0.1, 0.15) is 17.1 Å². The van der Waals surface area contributed by atoms with E-state index in [4.69, 9.17) is 4.42 Å². The van der Waals surface area contributed by atoms with Gasteiger partial charge in [0.15, 0.2) is 5.69 Å². The molecule has 0 bridgehead atoms. The number of carbonyl (C=O) groups is 2. The number of hydrogen-bond acceptors (Lipinski definition) is 7. The zero-order chi connectivity index (χ0) is 17.8. The first-order valence-corrected chi connectivity index (χ1v) is 8.17. The van der Waals surface area contributed by atoms with Gasteiger partial charge in [0.2, 0.25) is 0 Å². The summed E-state index contributed by atoms with van der Waals surface area (Å²) in [6, 6.07) is 1.83. The van der Waals surface area contributed by atoms with Crippen LogP contribution >= 0.6 is 12.4 Å².